The van der Waals surface area contributed by atoms with Gasteiger partial charge < -0.3 is 10.2 Å². The van der Waals surface area contributed by atoms with Crippen LogP contribution in [0.4, 0.5) is 5.13 Å². The fraction of sp³-hybridized carbons (Fsp3) is 0.188. The maximum absolute atomic E-state index is 12.3. The Morgan fingerprint density at radius 1 is 1.36 bits per heavy atom. The van der Waals surface area contributed by atoms with Gasteiger partial charge in [-0.25, -0.2) is 4.98 Å². The zero-order valence-corrected chi connectivity index (χ0v) is 12.8. The number of aromatic nitrogens is 1. The third-order valence-corrected chi connectivity index (χ3v) is 4.22. The summed E-state index contributed by atoms with van der Waals surface area (Å²) in [6, 6.07) is 7.51. The third kappa shape index (κ3) is 2.92. The molecule has 22 heavy (non-hydrogen) atoms. The van der Waals surface area contributed by atoms with Crippen molar-refractivity contribution < 1.29 is 9.59 Å². The van der Waals surface area contributed by atoms with Gasteiger partial charge in [0, 0.05) is 24.7 Å². The molecule has 5 nitrogen and oxygen atoms in total. The minimum Gasteiger partial charge on any atom is -0.311 e. The molecule has 0 aliphatic carbocycles. The van der Waals surface area contributed by atoms with Crippen LogP contribution in [0.5, 0.6) is 0 Å². The molecule has 2 amide bonds. The highest BCUT2D eigenvalue weighted by Crippen LogP contribution is 2.33. The van der Waals surface area contributed by atoms with E-state index < -0.39 is 0 Å². The van der Waals surface area contributed by atoms with Crippen LogP contribution in [0, 0.1) is 0 Å². The Morgan fingerprint density at radius 2 is 2.18 bits per heavy atom. The van der Waals surface area contributed by atoms with Gasteiger partial charge in [-0.15, -0.1) is 11.3 Å². The maximum atomic E-state index is 12.3. The van der Waals surface area contributed by atoms with Crippen LogP contribution in [0.1, 0.15) is 30.5 Å². The predicted molar refractivity (Wildman–Crippen MR) is 86.1 cm³/mol. The van der Waals surface area contributed by atoms with Crippen molar-refractivity contribution in [2.45, 2.75) is 19.4 Å². The number of amides is 2. The van der Waals surface area contributed by atoms with Gasteiger partial charge in [0.05, 0.1) is 12.5 Å². The first-order valence-corrected chi connectivity index (χ1v) is 7.78. The molecule has 0 unspecified atom stereocenters. The molecule has 1 aromatic heterocycles. The van der Waals surface area contributed by atoms with Crippen LogP contribution in [-0.2, 0) is 9.59 Å². The van der Waals surface area contributed by atoms with Crippen LogP contribution in [0.25, 0.3) is 6.08 Å². The second-order valence-corrected chi connectivity index (χ2v) is 5.87. The van der Waals surface area contributed by atoms with Crippen molar-refractivity contribution >= 4 is 34.4 Å². The molecule has 0 saturated heterocycles. The zero-order valence-electron chi connectivity index (χ0n) is 12.0. The van der Waals surface area contributed by atoms with Crippen molar-refractivity contribution in [1.29, 1.82) is 0 Å². The number of hydrogen-bond donors (Lipinski definition) is 1. The first-order valence-electron chi connectivity index (χ1n) is 6.90. The Labute approximate surface area is 132 Å². The Morgan fingerprint density at radius 3 is 2.91 bits per heavy atom. The van der Waals surface area contributed by atoms with Crippen LogP contribution in [0.3, 0.4) is 0 Å². The van der Waals surface area contributed by atoms with Gasteiger partial charge in [-0.1, -0.05) is 24.3 Å². The van der Waals surface area contributed by atoms with Gasteiger partial charge in [0.1, 0.15) is 0 Å². The van der Waals surface area contributed by atoms with Crippen molar-refractivity contribution in [2.24, 2.45) is 0 Å². The predicted octanol–water partition coefficient (Wildman–Crippen LogP) is 3.05. The van der Waals surface area contributed by atoms with Gasteiger partial charge in [-0.05, 0) is 17.2 Å². The molecule has 0 radical (unpaired) electrons. The number of thiazole rings is 1. The van der Waals surface area contributed by atoms with Gasteiger partial charge >= 0.3 is 0 Å². The van der Waals surface area contributed by atoms with E-state index in [0.29, 0.717) is 5.13 Å². The summed E-state index contributed by atoms with van der Waals surface area (Å²) in [5.41, 5.74) is 2.02. The number of carbonyl (C=O) groups excluding carboxylic acids is 2. The number of nitrogens with zero attached hydrogens (tertiary/aromatic N) is 2. The first kappa shape index (κ1) is 14.5. The molecule has 2 heterocycles. The van der Waals surface area contributed by atoms with E-state index in [1.165, 1.54) is 18.3 Å². The van der Waals surface area contributed by atoms with Crippen molar-refractivity contribution in [3.05, 3.63) is 53.2 Å². The lowest BCUT2D eigenvalue weighted by Crippen LogP contribution is -2.33. The molecule has 0 bridgehead atoms. The summed E-state index contributed by atoms with van der Waals surface area (Å²) in [6.07, 6.45) is 5.47. The topological polar surface area (TPSA) is 62.3 Å². The summed E-state index contributed by atoms with van der Waals surface area (Å²) in [4.78, 5) is 29.7. The Balaban J connectivity index is 1.83. The highest BCUT2D eigenvalue weighted by molar-refractivity contribution is 7.13. The average Bonchev–Trinajstić information content (AvgIpc) is 3.00. The second-order valence-electron chi connectivity index (χ2n) is 4.98. The zero-order chi connectivity index (χ0) is 15.5. The fourth-order valence-corrected chi connectivity index (χ4v) is 3.09. The summed E-state index contributed by atoms with van der Waals surface area (Å²) in [6.45, 7) is 1.50. The number of hydrogen-bond acceptors (Lipinski definition) is 4. The lowest BCUT2D eigenvalue weighted by atomic mass is 9.93. The van der Waals surface area contributed by atoms with Crippen LogP contribution >= 0.6 is 11.3 Å². The first-order chi connectivity index (χ1) is 10.6. The van der Waals surface area contributed by atoms with E-state index in [4.69, 9.17) is 0 Å². The lowest BCUT2D eigenvalue weighted by molar-refractivity contribution is -0.129. The molecule has 2 aromatic rings. The van der Waals surface area contributed by atoms with E-state index in [1.54, 1.807) is 22.7 Å². The van der Waals surface area contributed by atoms with Crippen LogP contribution in [0.15, 0.2) is 42.0 Å². The number of rotatable bonds is 3. The highest BCUT2D eigenvalue weighted by Gasteiger charge is 2.28. The highest BCUT2D eigenvalue weighted by atomic mass is 32.1. The smallest absolute Gasteiger partial charge is 0.228 e. The summed E-state index contributed by atoms with van der Waals surface area (Å²) in [5.74, 6) is -0.242. The van der Waals surface area contributed by atoms with Gasteiger partial charge in [0.25, 0.3) is 0 Å². The average molecular weight is 313 g/mol. The number of carbonyl (C=O) groups is 2. The van der Waals surface area contributed by atoms with Gasteiger partial charge in [0.2, 0.25) is 11.8 Å². The number of fused-ring (bicyclic) bond motifs is 1. The molecule has 1 aliphatic heterocycles. The van der Waals surface area contributed by atoms with Crippen molar-refractivity contribution in [3.63, 3.8) is 0 Å². The van der Waals surface area contributed by atoms with E-state index >= 15 is 0 Å². The Bertz CT molecular complexity index is 725. The molecule has 3 rings (SSSR count). The lowest BCUT2D eigenvalue weighted by Gasteiger charge is -2.32. The minimum absolute atomic E-state index is 0.0854. The maximum Gasteiger partial charge on any atom is 0.228 e. The quantitative estimate of drug-likeness (QED) is 0.947. The summed E-state index contributed by atoms with van der Waals surface area (Å²) in [7, 11) is 0. The number of benzene rings is 1. The van der Waals surface area contributed by atoms with E-state index in [0.717, 1.165) is 11.1 Å². The Hall–Kier alpha value is -2.47. The molecule has 1 N–H and O–H groups in total. The molecule has 0 saturated carbocycles. The molecule has 0 fully saturated rings. The van der Waals surface area contributed by atoms with E-state index in [2.05, 4.69) is 10.3 Å². The van der Waals surface area contributed by atoms with Crippen molar-refractivity contribution in [1.82, 2.24) is 9.88 Å². The molecule has 1 aromatic carbocycles. The van der Waals surface area contributed by atoms with Crippen LogP contribution < -0.4 is 5.32 Å². The summed E-state index contributed by atoms with van der Waals surface area (Å²) >= 11 is 1.37. The third-order valence-electron chi connectivity index (χ3n) is 3.53. The Kier molecular flexibility index (Phi) is 4.02. The van der Waals surface area contributed by atoms with Crippen LogP contribution in [0.2, 0.25) is 0 Å². The number of nitrogens with one attached hydrogen (secondary N) is 1. The standard InChI is InChI=1S/C16H15N3O2S/c1-11(20)19-8-6-12-4-2-3-5-13(12)14(19)10-15(21)18-16-17-7-9-22-16/h2-9,14H,10H2,1H3,(H,17,18,21)/t14-/m1/s1. The molecule has 0 spiro atoms. The SMILES string of the molecule is CC(=O)N1C=Cc2ccccc2[C@H]1CC(=O)Nc1nccs1. The van der Waals surface area contributed by atoms with E-state index in [9.17, 15) is 9.59 Å². The summed E-state index contributed by atoms with van der Waals surface area (Å²) < 4.78 is 0. The van der Waals surface area contributed by atoms with Crippen molar-refractivity contribution in [3.8, 4) is 0 Å². The fourth-order valence-electron chi connectivity index (χ4n) is 2.54. The van der Waals surface area contributed by atoms with Crippen LogP contribution in [-0.4, -0.2) is 21.7 Å². The molecule has 112 valence electrons. The number of anilines is 1. The van der Waals surface area contributed by atoms with E-state index in [-0.39, 0.29) is 24.3 Å². The summed E-state index contributed by atoms with van der Waals surface area (Å²) in [5, 5.41) is 5.14. The van der Waals surface area contributed by atoms with Gasteiger partial charge in [-0.3, -0.25) is 9.59 Å². The molecule has 6 heteroatoms. The minimum atomic E-state index is -0.293. The molecular weight excluding hydrogens is 298 g/mol. The van der Waals surface area contributed by atoms with Gasteiger partial charge in [-0.2, -0.15) is 0 Å². The van der Waals surface area contributed by atoms with Crippen molar-refractivity contribution in [2.75, 3.05) is 5.32 Å². The molecular formula is C16H15N3O2S. The molecule has 1 atom stereocenters. The monoisotopic (exact) mass is 313 g/mol. The second kappa shape index (κ2) is 6.11. The largest absolute Gasteiger partial charge is 0.311 e. The normalized spacial score (nSPS) is 16.2. The molecule has 1 aliphatic rings. The van der Waals surface area contributed by atoms with E-state index in [1.807, 2.05) is 30.3 Å². The van der Waals surface area contributed by atoms with Gasteiger partial charge in [0.15, 0.2) is 5.13 Å².